The predicted molar refractivity (Wildman–Crippen MR) is 113 cm³/mol. The number of hydrogen-bond acceptors (Lipinski definition) is 3. The second-order valence-corrected chi connectivity index (χ2v) is 7.40. The highest BCUT2D eigenvalue weighted by molar-refractivity contribution is 5.94. The Kier molecular flexibility index (Phi) is 8.59. The van der Waals surface area contributed by atoms with Crippen LogP contribution in [0.2, 0.25) is 0 Å². The van der Waals surface area contributed by atoms with Gasteiger partial charge in [0.15, 0.2) is 5.96 Å². The first-order valence-corrected chi connectivity index (χ1v) is 9.84. The van der Waals surface area contributed by atoms with E-state index in [0.717, 1.165) is 23.7 Å². The molecule has 0 bridgehead atoms. The minimum absolute atomic E-state index is 0.122. The highest BCUT2D eigenvalue weighted by Crippen LogP contribution is 2.08. The van der Waals surface area contributed by atoms with Gasteiger partial charge in [-0.05, 0) is 55.5 Å². The minimum atomic E-state index is -0.122. The molecule has 1 amide bonds. The number of benzene rings is 1. The first kappa shape index (κ1) is 21.5. The molecule has 0 saturated carbocycles. The summed E-state index contributed by atoms with van der Waals surface area (Å²) in [5, 5.41) is 9.60. The van der Waals surface area contributed by atoms with Gasteiger partial charge in [-0.1, -0.05) is 26.0 Å². The van der Waals surface area contributed by atoms with Crippen LogP contribution < -0.4 is 16.0 Å². The van der Waals surface area contributed by atoms with Crippen molar-refractivity contribution in [1.29, 1.82) is 0 Å². The lowest BCUT2D eigenvalue weighted by atomic mass is 10.0. The monoisotopic (exact) mass is 384 g/mol. The van der Waals surface area contributed by atoms with E-state index >= 15 is 0 Å². The molecule has 6 nitrogen and oxygen atoms in total. The van der Waals surface area contributed by atoms with Gasteiger partial charge < -0.3 is 20.4 Å². The molecule has 0 fully saturated rings. The standard InChI is InChI=1S/C22H32N4O2/c1-16(2)10-11-17(3)26-22(23-4)25-14-18-7-5-8-19(13-18)21(27)24-15-20-9-6-12-28-20/h5-9,12-13,16-17H,10-11,14-15H2,1-4H3,(H,24,27)(H2,23,25,26). The fourth-order valence-electron chi connectivity index (χ4n) is 2.77. The van der Waals surface area contributed by atoms with Gasteiger partial charge in [-0.3, -0.25) is 9.79 Å². The van der Waals surface area contributed by atoms with Crippen LogP contribution >= 0.6 is 0 Å². The van der Waals surface area contributed by atoms with Crippen molar-refractivity contribution in [2.45, 2.75) is 52.7 Å². The van der Waals surface area contributed by atoms with Crippen LogP contribution in [0.3, 0.4) is 0 Å². The summed E-state index contributed by atoms with van der Waals surface area (Å²) in [4.78, 5) is 16.6. The van der Waals surface area contributed by atoms with Gasteiger partial charge in [0.2, 0.25) is 0 Å². The van der Waals surface area contributed by atoms with Gasteiger partial charge in [0.25, 0.3) is 5.91 Å². The van der Waals surface area contributed by atoms with Crippen molar-refractivity contribution in [2.24, 2.45) is 10.9 Å². The van der Waals surface area contributed by atoms with Crippen molar-refractivity contribution >= 4 is 11.9 Å². The molecule has 0 spiro atoms. The molecule has 28 heavy (non-hydrogen) atoms. The quantitative estimate of drug-likeness (QED) is 0.455. The van der Waals surface area contributed by atoms with E-state index in [4.69, 9.17) is 4.42 Å². The van der Waals surface area contributed by atoms with Crippen LogP contribution in [0.5, 0.6) is 0 Å². The molecule has 1 aromatic heterocycles. The smallest absolute Gasteiger partial charge is 0.251 e. The summed E-state index contributed by atoms with van der Waals surface area (Å²) < 4.78 is 5.24. The third-order valence-electron chi connectivity index (χ3n) is 4.44. The third-order valence-corrected chi connectivity index (χ3v) is 4.44. The summed E-state index contributed by atoms with van der Waals surface area (Å²) >= 11 is 0. The van der Waals surface area contributed by atoms with Gasteiger partial charge in [0.05, 0.1) is 12.8 Å². The number of guanidine groups is 1. The summed E-state index contributed by atoms with van der Waals surface area (Å²) in [6, 6.07) is 11.6. The van der Waals surface area contributed by atoms with E-state index in [2.05, 4.69) is 41.7 Å². The van der Waals surface area contributed by atoms with Crippen LogP contribution in [0.25, 0.3) is 0 Å². The molecule has 1 heterocycles. The van der Waals surface area contributed by atoms with Crippen LogP contribution in [0.1, 0.15) is 55.3 Å². The maximum absolute atomic E-state index is 12.3. The zero-order valence-corrected chi connectivity index (χ0v) is 17.3. The van der Waals surface area contributed by atoms with Crippen LogP contribution in [0, 0.1) is 5.92 Å². The average Bonchev–Trinajstić information content (AvgIpc) is 3.21. The van der Waals surface area contributed by atoms with Crippen molar-refractivity contribution in [1.82, 2.24) is 16.0 Å². The van der Waals surface area contributed by atoms with Crippen molar-refractivity contribution in [2.75, 3.05) is 7.05 Å². The number of amides is 1. The summed E-state index contributed by atoms with van der Waals surface area (Å²) in [6.07, 6.45) is 3.88. The second-order valence-electron chi connectivity index (χ2n) is 7.40. The van der Waals surface area contributed by atoms with Crippen LogP contribution in [0.15, 0.2) is 52.1 Å². The van der Waals surface area contributed by atoms with E-state index in [0.29, 0.717) is 30.6 Å². The Balaban J connectivity index is 1.84. The molecule has 2 rings (SSSR count). The van der Waals surface area contributed by atoms with Gasteiger partial charge in [-0.2, -0.15) is 0 Å². The molecular weight excluding hydrogens is 352 g/mol. The zero-order valence-electron chi connectivity index (χ0n) is 17.3. The number of nitrogens with zero attached hydrogens (tertiary/aromatic N) is 1. The Morgan fingerprint density at radius 1 is 1.07 bits per heavy atom. The lowest BCUT2D eigenvalue weighted by molar-refractivity contribution is 0.0948. The Bertz CT molecular complexity index is 754. The third kappa shape index (κ3) is 7.47. The van der Waals surface area contributed by atoms with Crippen LogP contribution in [0.4, 0.5) is 0 Å². The molecule has 1 atom stereocenters. The Labute approximate surface area is 167 Å². The lowest BCUT2D eigenvalue weighted by Gasteiger charge is -2.19. The number of carbonyl (C=O) groups is 1. The van der Waals surface area contributed by atoms with E-state index in [-0.39, 0.29) is 5.91 Å². The molecule has 1 aromatic carbocycles. The highest BCUT2D eigenvalue weighted by atomic mass is 16.3. The number of rotatable bonds is 9. The summed E-state index contributed by atoms with van der Waals surface area (Å²) in [7, 11) is 1.77. The Hall–Kier alpha value is -2.76. The van der Waals surface area contributed by atoms with Gasteiger partial charge in [-0.15, -0.1) is 0 Å². The largest absolute Gasteiger partial charge is 0.467 e. The SMILES string of the molecule is CN=C(NCc1cccc(C(=O)NCc2ccco2)c1)NC(C)CCC(C)C. The van der Waals surface area contributed by atoms with Gasteiger partial charge in [0.1, 0.15) is 5.76 Å². The first-order chi connectivity index (χ1) is 13.5. The molecule has 0 aliphatic heterocycles. The van der Waals surface area contributed by atoms with Crippen LogP contribution in [-0.2, 0) is 13.1 Å². The predicted octanol–water partition coefficient (Wildman–Crippen LogP) is 3.70. The van der Waals surface area contributed by atoms with E-state index in [9.17, 15) is 4.79 Å². The van der Waals surface area contributed by atoms with Gasteiger partial charge in [0, 0.05) is 25.2 Å². The summed E-state index contributed by atoms with van der Waals surface area (Å²) in [5.74, 6) is 2.07. The molecule has 0 aliphatic rings. The number of nitrogens with one attached hydrogen (secondary N) is 3. The number of carbonyl (C=O) groups excluding carboxylic acids is 1. The van der Waals surface area contributed by atoms with Crippen molar-refractivity contribution in [3.63, 3.8) is 0 Å². The lowest BCUT2D eigenvalue weighted by Crippen LogP contribution is -2.42. The van der Waals surface area contributed by atoms with Crippen molar-refractivity contribution < 1.29 is 9.21 Å². The molecule has 6 heteroatoms. The molecule has 0 saturated heterocycles. The molecule has 152 valence electrons. The minimum Gasteiger partial charge on any atom is -0.467 e. The molecule has 1 unspecified atom stereocenters. The zero-order chi connectivity index (χ0) is 20.4. The second kappa shape index (κ2) is 11.2. The van der Waals surface area contributed by atoms with E-state index in [1.807, 2.05) is 30.3 Å². The van der Waals surface area contributed by atoms with Crippen molar-refractivity contribution in [3.8, 4) is 0 Å². The fraction of sp³-hybridized carbons (Fsp3) is 0.455. The van der Waals surface area contributed by atoms with E-state index < -0.39 is 0 Å². The number of aliphatic imine (C=N–C) groups is 1. The molecule has 2 aromatic rings. The maximum Gasteiger partial charge on any atom is 0.251 e. The van der Waals surface area contributed by atoms with E-state index in [1.165, 1.54) is 6.42 Å². The molecule has 3 N–H and O–H groups in total. The molecule has 0 radical (unpaired) electrons. The normalized spacial score (nSPS) is 12.7. The van der Waals surface area contributed by atoms with Gasteiger partial charge in [-0.25, -0.2) is 0 Å². The fourth-order valence-corrected chi connectivity index (χ4v) is 2.77. The summed E-state index contributed by atoms with van der Waals surface area (Å²) in [5.41, 5.74) is 1.64. The topological polar surface area (TPSA) is 78.7 Å². The molecule has 0 aliphatic carbocycles. The Morgan fingerprint density at radius 2 is 1.89 bits per heavy atom. The number of hydrogen-bond donors (Lipinski definition) is 3. The highest BCUT2D eigenvalue weighted by Gasteiger charge is 2.09. The maximum atomic E-state index is 12.3. The average molecular weight is 385 g/mol. The number of furan rings is 1. The van der Waals surface area contributed by atoms with E-state index in [1.54, 1.807) is 19.4 Å². The first-order valence-electron chi connectivity index (χ1n) is 9.84. The van der Waals surface area contributed by atoms with Gasteiger partial charge >= 0.3 is 0 Å². The van der Waals surface area contributed by atoms with Crippen molar-refractivity contribution in [3.05, 3.63) is 59.5 Å². The van der Waals surface area contributed by atoms with Crippen LogP contribution in [-0.4, -0.2) is 25.0 Å². The Morgan fingerprint density at radius 3 is 2.57 bits per heavy atom. The summed E-state index contributed by atoms with van der Waals surface area (Å²) in [6.45, 7) is 7.60. The molecular formula is C22H32N4O2.